The summed E-state index contributed by atoms with van der Waals surface area (Å²) in [6, 6.07) is 1.99. The number of rotatable bonds is 2. The first-order valence-corrected chi connectivity index (χ1v) is 7.71. The molecule has 1 aliphatic heterocycles. The van der Waals surface area contributed by atoms with Gasteiger partial charge in [0, 0.05) is 12.0 Å². The zero-order valence-electron chi connectivity index (χ0n) is 12.0. The fourth-order valence-corrected chi connectivity index (χ4v) is 3.08. The normalized spacial score (nSPS) is 14.3. The molecule has 0 saturated carbocycles. The first-order chi connectivity index (χ1) is 10.1. The number of anilines is 1. The second-order valence-corrected chi connectivity index (χ2v) is 6.14. The highest BCUT2D eigenvalue weighted by molar-refractivity contribution is 9.10. The lowest BCUT2D eigenvalue weighted by molar-refractivity contribution is 0.295. The van der Waals surface area contributed by atoms with Crippen molar-refractivity contribution in [1.82, 2.24) is 5.16 Å². The van der Waals surface area contributed by atoms with Crippen LogP contribution in [-0.4, -0.2) is 18.4 Å². The van der Waals surface area contributed by atoms with E-state index in [1.165, 1.54) is 0 Å². The van der Waals surface area contributed by atoms with Crippen LogP contribution in [0, 0.1) is 0 Å². The molecule has 0 unspecified atom stereocenters. The molecule has 0 aliphatic carbocycles. The number of hydrogen-bond acceptors (Lipinski definition) is 5. The number of ether oxygens (including phenoxy) is 2. The highest BCUT2D eigenvalue weighted by Crippen LogP contribution is 2.48. The number of nitrogens with zero attached hydrogens (tertiary/aromatic N) is 1. The Balaban J connectivity index is 2.28. The summed E-state index contributed by atoms with van der Waals surface area (Å²) in [5.74, 6) is 2.10. The molecule has 2 aromatic rings. The molecular weight excluding hydrogens is 336 g/mol. The molecule has 0 saturated heterocycles. The molecule has 6 heteroatoms. The van der Waals surface area contributed by atoms with E-state index in [1.807, 2.05) is 6.07 Å². The molecule has 5 nitrogen and oxygen atoms in total. The van der Waals surface area contributed by atoms with Crippen LogP contribution in [-0.2, 0) is 0 Å². The Morgan fingerprint density at radius 1 is 1.19 bits per heavy atom. The second kappa shape index (κ2) is 5.60. The van der Waals surface area contributed by atoms with Crippen LogP contribution in [0.4, 0.5) is 5.88 Å². The van der Waals surface area contributed by atoms with Gasteiger partial charge in [-0.15, -0.1) is 0 Å². The van der Waals surface area contributed by atoms with E-state index in [9.17, 15) is 0 Å². The molecule has 3 rings (SSSR count). The van der Waals surface area contributed by atoms with E-state index in [0.29, 0.717) is 19.1 Å². The van der Waals surface area contributed by atoms with Crippen LogP contribution >= 0.6 is 15.9 Å². The van der Waals surface area contributed by atoms with E-state index in [2.05, 4.69) is 34.9 Å². The van der Waals surface area contributed by atoms with Crippen molar-refractivity contribution in [1.29, 1.82) is 0 Å². The lowest BCUT2D eigenvalue weighted by Gasteiger charge is -2.20. The molecule has 112 valence electrons. The molecule has 0 atom stereocenters. The number of aromatic nitrogens is 1. The summed E-state index contributed by atoms with van der Waals surface area (Å²) in [5.41, 5.74) is 8.67. The van der Waals surface area contributed by atoms with E-state index in [1.54, 1.807) is 6.20 Å². The van der Waals surface area contributed by atoms with Crippen molar-refractivity contribution < 1.29 is 14.0 Å². The van der Waals surface area contributed by atoms with Gasteiger partial charge in [0.2, 0.25) is 5.88 Å². The van der Waals surface area contributed by atoms with Gasteiger partial charge in [0.1, 0.15) is 0 Å². The summed E-state index contributed by atoms with van der Waals surface area (Å²) in [6.45, 7) is 5.52. The molecule has 21 heavy (non-hydrogen) atoms. The van der Waals surface area contributed by atoms with E-state index in [0.717, 1.165) is 39.1 Å². The number of benzene rings is 1. The Kier molecular flexibility index (Phi) is 3.80. The standard InChI is InChI=1S/C15H17BrN2O3/c1-8(2)12-9(10-7-18-21-15(10)17)6-11(16)13-14(12)20-5-3-4-19-13/h6-8H,3-5,17H2,1-2H3. The number of nitrogen functional groups attached to an aromatic ring is 1. The fourth-order valence-electron chi connectivity index (χ4n) is 2.56. The van der Waals surface area contributed by atoms with Crippen molar-refractivity contribution in [2.24, 2.45) is 0 Å². The molecule has 0 bridgehead atoms. The van der Waals surface area contributed by atoms with Gasteiger partial charge in [0.25, 0.3) is 0 Å². The van der Waals surface area contributed by atoms with Crippen LogP contribution in [0.3, 0.4) is 0 Å². The fraction of sp³-hybridized carbons (Fsp3) is 0.400. The Labute approximate surface area is 131 Å². The molecular formula is C15H17BrN2O3. The predicted octanol–water partition coefficient (Wildman–Crippen LogP) is 3.97. The Hall–Kier alpha value is -1.69. The largest absolute Gasteiger partial charge is 0.489 e. The van der Waals surface area contributed by atoms with E-state index < -0.39 is 0 Å². The Morgan fingerprint density at radius 2 is 1.90 bits per heavy atom. The molecule has 0 radical (unpaired) electrons. The van der Waals surface area contributed by atoms with Crippen LogP contribution in [0.1, 0.15) is 31.7 Å². The molecule has 0 spiro atoms. The van der Waals surface area contributed by atoms with Crippen LogP contribution in [0.5, 0.6) is 11.5 Å². The van der Waals surface area contributed by atoms with Crippen LogP contribution in [0.25, 0.3) is 11.1 Å². The third-order valence-corrected chi connectivity index (χ3v) is 4.07. The summed E-state index contributed by atoms with van der Waals surface area (Å²) >= 11 is 3.56. The van der Waals surface area contributed by atoms with Gasteiger partial charge in [-0.1, -0.05) is 19.0 Å². The molecule has 2 heterocycles. The zero-order valence-corrected chi connectivity index (χ0v) is 13.6. The Morgan fingerprint density at radius 3 is 2.52 bits per heavy atom. The number of fused-ring (bicyclic) bond motifs is 1. The van der Waals surface area contributed by atoms with Gasteiger partial charge >= 0.3 is 0 Å². The Bertz CT molecular complexity index is 667. The molecule has 1 aromatic heterocycles. The molecule has 1 aromatic carbocycles. The monoisotopic (exact) mass is 352 g/mol. The van der Waals surface area contributed by atoms with Gasteiger partial charge < -0.3 is 19.7 Å². The van der Waals surface area contributed by atoms with Crippen molar-refractivity contribution in [3.05, 3.63) is 22.3 Å². The van der Waals surface area contributed by atoms with Crippen LogP contribution in [0.15, 0.2) is 21.3 Å². The summed E-state index contributed by atoms with van der Waals surface area (Å²) in [7, 11) is 0. The van der Waals surface area contributed by atoms with Crippen LogP contribution < -0.4 is 15.2 Å². The van der Waals surface area contributed by atoms with Crippen molar-refractivity contribution in [3.63, 3.8) is 0 Å². The SMILES string of the molecule is CC(C)c1c(-c2cnoc2N)cc(Br)c2c1OCCCO2. The van der Waals surface area contributed by atoms with Crippen LogP contribution in [0.2, 0.25) is 0 Å². The smallest absolute Gasteiger partial charge is 0.229 e. The minimum absolute atomic E-state index is 0.248. The summed E-state index contributed by atoms with van der Waals surface area (Å²) in [6.07, 6.45) is 2.50. The van der Waals surface area contributed by atoms with E-state index in [4.69, 9.17) is 19.7 Å². The van der Waals surface area contributed by atoms with Gasteiger partial charge in [-0.25, -0.2) is 0 Å². The highest BCUT2D eigenvalue weighted by atomic mass is 79.9. The van der Waals surface area contributed by atoms with Crippen molar-refractivity contribution >= 4 is 21.8 Å². The number of nitrogens with two attached hydrogens (primary N) is 1. The van der Waals surface area contributed by atoms with Crippen molar-refractivity contribution in [2.45, 2.75) is 26.2 Å². The van der Waals surface area contributed by atoms with E-state index >= 15 is 0 Å². The maximum absolute atomic E-state index is 5.95. The quantitative estimate of drug-likeness (QED) is 0.885. The lowest BCUT2D eigenvalue weighted by Crippen LogP contribution is -2.02. The van der Waals surface area contributed by atoms with Gasteiger partial charge in [-0.05, 0) is 33.5 Å². The van der Waals surface area contributed by atoms with Gasteiger partial charge in [0.15, 0.2) is 11.5 Å². The summed E-state index contributed by atoms with van der Waals surface area (Å²) < 4.78 is 17.6. The number of halogens is 1. The van der Waals surface area contributed by atoms with Crippen molar-refractivity contribution in [2.75, 3.05) is 18.9 Å². The number of hydrogen-bond donors (Lipinski definition) is 1. The van der Waals surface area contributed by atoms with Gasteiger partial charge in [-0.2, -0.15) is 0 Å². The first kappa shape index (κ1) is 14.3. The minimum atomic E-state index is 0.248. The highest BCUT2D eigenvalue weighted by Gasteiger charge is 2.26. The maximum atomic E-state index is 5.95. The molecule has 1 aliphatic rings. The minimum Gasteiger partial charge on any atom is -0.489 e. The molecule has 0 amide bonds. The van der Waals surface area contributed by atoms with Gasteiger partial charge in [-0.3, -0.25) is 0 Å². The topological polar surface area (TPSA) is 70.5 Å². The first-order valence-electron chi connectivity index (χ1n) is 6.92. The third kappa shape index (κ3) is 2.48. The van der Waals surface area contributed by atoms with E-state index in [-0.39, 0.29) is 5.92 Å². The zero-order chi connectivity index (χ0) is 15.0. The molecule has 0 fully saturated rings. The third-order valence-electron chi connectivity index (χ3n) is 3.48. The predicted molar refractivity (Wildman–Crippen MR) is 83.7 cm³/mol. The second-order valence-electron chi connectivity index (χ2n) is 5.29. The van der Waals surface area contributed by atoms with Gasteiger partial charge in [0.05, 0.1) is 29.4 Å². The summed E-state index contributed by atoms with van der Waals surface area (Å²) in [5, 5.41) is 3.77. The maximum Gasteiger partial charge on any atom is 0.229 e. The lowest BCUT2D eigenvalue weighted by atomic mass is 9.92. The average Bonchev–Trinajstić information content (AvgIpc) is 2.71. The summed E-state index contributed by atoms with van der Waals surface area (Å²) in [4.78, 5) is 0. The molecule has 2 N–H and O–H groups in total. The van der Waals surface area contributed by atoms with Crippen molar-refractivity contribution in [3.8, 4) is 22.6 Å². The average molecular weight is 353 g/mol.